The van der Waals surface area contributed by atoms with E-state index in [-0.39, 0.29) is 11.8 Å². The van der Waals surface area contributed by atoms with E-state index in [1.54, 1.807) is 6.20 Å². The number of hydrogen-bond acceptors (Lipinski definition) is 4. The zero-order valence-electron chi connectivity index (χ0n) is 11.0. The number of morpholine rings is 1. The Hall–Kier alpha value is -1.62. The van der Waals surface area contributed by atoms with Gasteiger partial charge in [-0.15, -0.1) is 0 Å². The van der Waals surface area contributed by atoms with E-state index in [0.29, 0.717) is 13.2 Å². The molecule has 0 aromatic carbocycles. The lowest BCUT2D eigenvalue weighted by molar-refractivity contribution is -0.138. The number of hydrogen-bond donors (Lipinski definition) is 0. The van der Waals surface area contributed by atoms with Gasteiger partial charge in [0.15, 0.2) is 0 Å². The molecule has 1 aromatic rings. The van der Waals surface area contributed by atoms with Crippen LogP contribution < -0.4 is 4.90 Å². The van der Waals surface area contributed by atoms with Crippen molar-refractivity contribution in [2.75, 3.05) is 44.3 Å². The minimum atomic E-state index is 0.111. The summed E-state index contributed by atoms with van der Waals surface area (Å²) in [4.78, 5) is 20.9. The average Bonchev–Trinajstić information content (AvgIpc) is 2.98. The first-order valence-electron chi connectivity index (χ1n) is 6.87. The molecule has 19 heavy (non-hydrogen) atoms. The zero-order chi connectivity index (χ0) is 13.1. The molecule has 0 saturated carbocycles. The molecule has 0 bridgehead atoms. The Morgan fingerprint density at radius 2 is 2.11 bits per heavy atom. The summed E-state index contributed by atoms with van der Waals surface area (Å²) in [5.41, 5.74) is 0. The molecule has 3 rings (SSSR count). The standard InChI is InChI=1S/C14H19N3O2/c18-14(16-7-9-19-10-8-16)12-4-6-17(11-12)13-3-1-2-5-15-13/h1-3,5,12H,4,6-11H2. The number of ether oxygens (including phenoxy) is 1. The summed E-state index contributed by atoms with van der Waals surface area (Å²) in [5.74, 6) is 1.36. The summed E-state index contributed by atoms with van der Waals surface area (Å²) in [7, 11) is 0. The van der Waals surface area contributed by atoms with Crippen LogP contribution in [0.2, 0.25) is 0 Å². The maximum absolute atomic E-state index is 12.4. The maximum Gasteiger partial charge on any atom is 0.227 e. The van der Waals surface area contributed by atoms with Gasteiger partial charge in [-0.1, -0.05) is 6.07 Å². The van der Waals surface area contributed by atoms with Crippen molar-refractivity contribution in [1.29, 1.82) is 0 Å². The van der Waals surface area contributed by atoms with Gasteiger partial charge < -0.3 is 14.5 Å². The summed E-state index contributed by atoms with van der Waals surface area (Å²) in [6, 6.07) is 5.90. The Bertz CT molecular complexity index is 432. The SMILES string of the molecule is O=C(C1CCN(c2ccccn2)C1)N1CCOCC1. The van der Waals surface area contributed by atoms with Gasteiger partial charge in [0.25, 0.3) is 0 Å². The van der Waals surface area contributed by atoms with Gasteiger partial charge in [0.05, 0.1) is 19.1 Å². The molecule has 0 spiro atoms. The van der Waals surface area contributed by atoms with Gasteiger partial charge in [0.2, 0.25) is 5.91 Å². The molecule has 2 aliphatic heterocycles. The quantitative estimate of drug-likeness (QED) is 0.789. The van der Waals surface area contributed by atoms with E-state index < -0.39 is 0 Å². The second-order valence-corrected chi connectivity index (χ2v) is 5.06. The van der Waals surface area contributed by atoms with Crippen molar-refractivity contribution < 1.29 is 9.53 Å². The van der Waals surface area contributed by atoms with Crippen LogP contribution in [0.3, 0.4) is 0 Å². The highest BCUT2D eigenvalue weighted by Crippen LogP contribution is 2.23. The van der Waals surface area contributed by atoms with Crippen molar-refractivity contribution in [2.24, 2.45) is 5.92 Å². The number of carbonyl (C=O) groups excluding carboxylic acids is 1. The first-order chi connectivity index (χ1) is 9.34. The average molecular weight is 261 g/mol. The molecule has 2 saturated heterocycles. The summed E-state index contributed by atoms with van der Waals surface area (Å²) in [5, 5.41) is 0. The first kappa shape index (κ1) is 12.4. The Labute approximate surface area is 113 Å². The molecule has 5 heteroatoms. The van der Waals surface area contributed by atoms with Crippen LogP contribution in [0.1, 0.15) is 6.42 Å². The topological polar surface area (TPSA) is 45.7 Å². The molecule has 0 N–H and O–H groups in total. The van der Waals surface area contributed by atoms with Gasteiger partial charge in [-0.25, -0.2) is 4.98 Å². The van der Waals surface area contributed by atoms with Gasteiger partial charge >= 0.3 is 0 Å². The molecule has 0 aliphatic carbocycles. The van der Waals surface area contributed by atoms with E-state index in [1.165, 1.54) is 0 Å². The molecule has 1 amide bonds. The molecule has 1 unspecified atom stereocenters. The summed E-state index contributed by atoms with van der Waals surface area (Å²) in [6.45, 7) is 4.51. The van der Waals surface area contributed by atoms with E-state index in [4.69, 9.17) is 4.74 Å². The van der Waals surface area contributed by atoms with Crippen molar-refractivity contribution in [3.05, 3.63) is 24.4 Å². The first-order valence-corrected chi connectivity index (χ1v) is 6.87. The second kappa shape index (κ2) is 5.57. The third kappa shape index (κ3) is 2.71. The lowest BCUT2D eigenvalue weighted by atomic mass is 10.1. The smallest absolute Gasteiger partial charge is 0.227 e. The number of anilines is 1. The van der Waals surface area contributed by atoms with Gasteiger partial charge in [0.1, 0.15) is 5.82 Å². The fourth-order valence-corrected chi connectivity index (χ4v) is 2.75. The van der Waals surface area contributed by atoms with Crippen molar-refractivity contribution in [3.8, 4) is 0 Å². The fourth-order valence-electron chi connectivity index (χ4n) is 2.75. The number of carbonyl (C=O) groups is 1. The molecule has 1 aromatic heterocycles. The van der Waals surface area contributed by atoms with Crippen molar-refractivity contribution in [2.45, 2.75) is 6.42 Å². The lowest BCUT2D eigenvalue weighted by Crippen LogP contribution is -2.44. The van der Waals surface area contributed by atoms with Crippen LogP contribution in [-0.2, 0) is 9.53 Å². The van der Waals surface area contributed by atoms with Crippen LogP contribution in [0.15, 0.2) is 24.4 Å². The van der Waals surface area contributed by atoms with Gasteiger partial charge in [-0.2, -0.15) is 0 Å². The van der Waals surface area contributed by atoms with Gasteiger partial charge in [-0.05, 0) is 18.6 Å². The van der Waals surface area contributed by atoms with E-state index in [9.17, 15) is 4.79 Å². The Morgan fingerprint density at radius 3 is 2.84 bits per heavy atom. The van der Waals surface area contributed by atoms with Gasteiger partial charge in [-0.3, -0.25) is 4.79 Å². The molecule has 3 heterocycles. The number of amides is 1. The number of nitrogens with zero attached hydrogens (tertiary/aromatic N) is 3. The number of rotatable bonds is 2. The normalized spacial score (nSPS) is 23.7. The molecule has 2 fully saturated rings. The molecule has 0 radical (unpaired) electrons. The molecule has 2 aliphatic rings. The third-order valence-electron chi connectivity index (χ3n) is 3.83. The number of pyridine rings is 1. The molecular formula is C14H19N3O2. The Balaban J connectivity index is 1.61. The lowest BCUT2D eigenvalue weighted by Gasteiger charge is -2.29. The molecule has 102 valence electrons. The van der Waals surface area contributed by atoms with E-state index in [2.05, 4.69) is 9.88 Å². The summed E-state index contributed by atoms with van der Waals surface area (Å²) >= 11 is 0. The van der Waals surface area contributed by atoms with Crippen LogP contribution in [0, 0.1) is 5.92 Å². The molecular weight excluding hydrogens is 242 g/mol. The van der Waals surface area contributed by atoms with Crippen LogP contribution in [0.5, 0.6) is 0 Å². The highest BCUT2D eigenvalue weighted by Gasteiger charge is 2.32. The van der Waals surface area contributed by atoms with Crippen LogP contribution in [0.4, 0.5) is 5.82 Å². The minimum Gasteiger partial charge on any atom is -0.378 e. The largest absolute Gasteiger partial charge is 0.378 e. The van der Waals surface area contributed by atoms with Gasteiger partial charge in [0, 0.05) is 32.4 Å². The van der Waals surface area contributed by atoms with E-state index >= 15 is 0 Å². The van der Waals surface area contributed by atoms with Crippen molar-refractivity contribution in [3.63, 3.8) is 0 Å². The van der Waals surface area contributed by atoms with Crippen LogP contribution >= 0.6 is 0 Å². The summed E-state index contributed by atoms with van der Waals surface area (Å²) < 4.78 is 5.29. The molecule has 1 atom stereocenters. The highest BCUT2D eigenvalue weighted by molar-refractivity contribution is 5.80. The Kier molecular flexibility index (Phi) is 3.64. The Morgan fingerprint density at radius 1 is 1.26 bits per heavy atom. The van der Waals surface area contributed by atoms with Crippen LogP contribution in [0.25, 0.3) is 0 Å². The van der Waals surface area contributed by atoms with Crippen LogP contribution in [-0.4, -0.2) is 55.2 Å². The maximum atomic E-state index is 12.4. The predicted molar refractivity (Wildman–Crippen MR) is 72.0 cm³/mol. The minimum absolute atomic E-state index is 0.111. The third-order valence-corrected chi connectivity index (χ3v) is 3.83. The van der Waals surface area contributed by atoms with Crippen molar-refractivity contribution in [1.82, 2.24) is 9.88 Å². The highest BCUT2D eigenvalue weighted by atomic mass is 16.5. The monoisotopic (exact) mass is 261 g/mol. The zero-order valence-corrected chi connectivity index (χ0v) is 11.0. The van der Waals surface area contributed by atoms with Crippen molar-refractivity contribution >= 4 is 11.7 Å². The summed E-state index contributed by atoms with van der Waals surface area (Å²) in [6.07, 6.45) is 2.72. The fraction of sp³-hybridized carbons (Fsp3) is 0.571. The molecule has 5 nitrogen and oxygen atoms in total. The van der Waals surface area contributed by atoms with E-state index in [0.717, 1.165) is 38.4 Å². The second-order valence-electron chi connectivity index (χ2n) is 5.06. The van der Waals surface area contributed by atoms with E-state index in [1.807, 2.05) is 23.1 Å². The predicted octanol–water partition coefficient (Wildman–Crippen LogP) is 0.767. The number of aromatic nitrogens is 1.